The molecule has 0 saturated heterocycles. The zero-order chi connectivity index (χ0) is 15.1. The minimum absolute atomic E-state index is 0.104. The van der Waals surface area contributed by atoms with Crippen molar-refractivity contribution in [1.29, 1.82) is 0 Å². The van der Waals surface area contributed by atoms with Crippen LogP contribution in [-0.4, -0.2) is 39.7 Å². The van der Waals surface area contributed by atoms with Crippen LogP contribution < -0.4 is 10.1 Å². The zero-order valence-corrected chi connectivity index (χ0v) is 11.9. The standard InChI is InChI=1S/C13H15F2N3O2S/c14-10-3-9(4-11(15)5-10)1-2-16-6-12(19)8-20-13-7-17-21-18-13/h3-5,7,12,16,19H,1-2,6,8H2. The fourth-order valence-corrected chi connectivity index (χ4v) is 2.08. The second kappa shape index (κ2) is 7.96. The lowest BCUT2D eigenvalue weighted by Crippen LogP contribution is -2.32. The lowest BCUT2D eigenvalue weighted by atomic mass is 10.1. The van der Waals surface area contributed by atoms with Crippen LogP contribution in [0.4, 0.5) is 8.78 Å². The van der Waals surface area contributed by atoms with Crippen molar-refractivity contribution in [3.05, 3.63) is 41.6 Å². The van der Waals surface area contributed by atoms with Crippen molar-refractivity contribution < 1.29 is 18.6 Å². The second-order valence-corrected chi connectivity index (χ2v) is 5.00. The maximum atomic E-state index is 13.0. The van der Waals surface area contributed by atoms with E-state index >= 15 is 0 Å². The molecule has 0 radical (unpaired) electrons. The summed E-state index contributed by atoms with van der Waals surface area (Å²) in [6, 6.07) is 3.42. The third-order valence-electron chi connectivity index (χ3n) is 2.66. The normalized spacial score (nSPS) is 12.3. The highest BCUT2D eigenvalue weighted by molar-refractivity contribution is 6.99. The number of halogens is 2. The SMILES string of the molecule is OC(CNCCc1cc(F)cc(F)c1)COc1cnsn1. The maximum Gasteiger partial charge on any atom is 0.245 e. The quantitative estimate of drug-likeness (QED) is 0.721. The number of nitrogens with one attached hydrogen (secondary N) is 1. The van der Waals surface area contributed by atoms with Crippen molar-refractivity contribution in [3.63, 3.8) is 0 Å². The molecule has 2 rings (SSSR count). The number of hydrogen-bond donors (Lipinski definition) is 2. The van der Waals surface area contributed by atoms with E-state index in [0.717, 1.165) is 17.8 Å². The molecular weight excluding hydrogens is 300 g/mol. The van der Waals surface area contributed by atoms with Crippen LogP contribution in [0.3, 0.4) is 0 Å². The summed E-state index contributed by atoms with van der Waals surface area (Å²) in [7, 11) is 0. The van der Waals surface area contributed by atoms with E-state index in [-0.39, 0.29) is 6.61 Å². The fraction of sp³-hybridized carbons (Fsp3) is 0.385. The van der Waals surface area contributed by atoms with Gasteiger partial charge in [-0.25, -0.2) is 8.78 Å². The van der Waals surface area contributed by atoms with E-state index in [4.69, 9.17) is 4.74 Å². The summed E-state index contributed by atoms with van der Waals surface area (Å²) < 4.78 is 38.8. The van der Waals surface area contributed by atoms with Gasteiger partial charge in [0.1, 0.15) is 30.5 Å². The van der Waals surface area contributed by atoms with Gasteiger partial charge in [0, 0.05) is 12.6 Å². The van der Waals surface area contributed by atoms with E-state index in [9.17, 15) is 13.9 Å². The van der Waals surface area contributed by atoms with Crippen LogP contribution in [0.15, 0.2) is 24.4 Å². The number of nitrogens with zero attached hydrogens (tertiary/aromatic N) is 2. The molecule has 0 aliphatic rings. The Morgan fingerprint density at radius 2 is 2.05 bits per heavy atom. The smallest absolute Gasteiger partial charge is 0.245 e. The molecule has 1 heterocycles. The Labute approximate surface area is 124 Å². The van der Waals surface area contributed by atoms with Crippen LogP contribution in [0, 0.1) is 11.6 Å². The Morgan fingerprint density at radius 1 is 1.29 bits per heavy atom. The lowest BCUT2D eigenvalue weighted by Gasteiger charge is -2.11. The summed E-state index contributed by atoms with van der Waals surface area (Å²) in [6.07, 6.45) is 1.25. The first kappa shape index (κ1) is 15.7. The molecular formula is C13H15F2N3O2S. The summed E-state index contributed by atoms with van der Waals surface area (Å²) in [5.74, 6) is -0.792. The summed E-state index contributed by atoms with van der Waals surface area (Å²) >= 11 is 1.03. The maximum absolute atomic E-state index is 13.0. The van der Waals surface area contributed by atoms with Crippen LogP contribution in [0.25, 0.3) is 0 Å². The van der Waals surface area contributed by atoms with E-state index in [1.165, 1.54) is 18.3 Å². The van der Waals surface area contributed by atoms with Gasteiger partial charge in [-0.2, -0.15) is 4.37 Å². The van der Waals surface area contributed by atoms with E-state index < -0.39 is 17.7 Å². The number of aromatic nitrogens is 2. The number of aliphatic hydroxyl groups excluding tert-OH is 1. The molecule has 2 N–H and O–H groups in total. The Kier molecular flexibility index (Phi) is 5.97. The molecule has 5 nitrogen and oxygen atoms in total. The van der Waals surface area contributed by atoms with Crippen LogP contribution >= 0.6 is 11.7 Å². The van der Waals surface area contributed by atoms with Gasteiger partial charge in [0.15, 0.2) is 0 Å². The molecule has 1 aromatic carbocycles. The average molecular weight is 315 g/mol. The average Bonchev–Trinajstić information content (AvgIpc) is 2.93. The number of rotatable bonds is 8. The molecule has 0 aliphatic carbocycles. The molecule has 0 saturated carbocycles. The van der Waals surface area contributed by atoms with Crippen molar-refractivity contribution in [2.45, 2.75) is 12.5 Å². The first-order chi connectivity index (χ1) is 10.1. The van der Waals surface area contributed by atoms with Gasteiger partial charge in [-0.05, 0) is 30.7 Å². The van der Waals surface area contributed by atoms with Gasteiger partial charge < -0.3 is 15.2 Å². The lowest BCUT2D eigenvalue weighted by molar-refractivity contribution is 0.104. The summed E-state index contributed by atoms with van der Waals surface area (Å²) in [5.41, 5.74) is 0.569. The molecule has 0 spiro atoms. The monoisotopic (exact) mass is 315 g/mol. The predicted molar refractivity (Wildman–Crippen MR) is 74.3 cm³/mol. The Hall–Kier alpha value is -1.64. The van der Waals surface area contributed by atoms with Gasteiger partial charge in [-0.3, -0.25) is 0 Å². The molecule has 114 valence electrons. The van der Waals surface area contributed by atoms with Crippen molar-refractivity contribution in [2.75, 3.05) is 19.7 Å². The van der Waals surface area contributed by atoms with Gasteiger partial charge in [-0.15, -0.1) is 4.37 Å². The molecule has 2 aromatic rings. The Morgan fingerprint density at radius 3 is 2.71 bits per heavy atom. The molecule has 1 unspecified atom stereocenters. The van der Waals surface area contributed by atoms with E-state index in [0.29, 0.717) is 31.0 Å². The molecule has 1 atom stereocenters. The molecule has 1 aromatic heterocycles. The highest BCUT2D eigenvalue weighted by Gasteiger charge is 2.06. The van der Waals surface area contributed by atoms with Gasteiger partial charge in [-0.1, -0.05) is 0 Å². The Balaban J connectivity index is 1.62. The molecule has 0 fully saturated rings. The van der Waals surface area contributed by atoms with Crippen LogP contribution in [0.2, 0.25) is 0 Å². The third kappa shape index (κ3) is 5.70. The largest absolute Gasteiger partial charge is 0.473 e. The fourth-order valence-electron chi connectivity index (χ4n) is 1.72. The zero-order valence-electron chi connectivity index (χ0n) is 11.1. The van der Waals surface area contributed by atoms with Gasteiger partial charge in [0.2, 0.25) is 5.88 Å². The first-order valence-electron chi connectivity index (χ1n) is 6.37. The van der Waals surface area contributed by atoms with Gasteiger partial charge in [0.05, 0.1) is 11.7 Å². The Bertz CT molecular complexity index is 534. The highest BCUT2D eigenvalue weighted by atomic mass is 32.1. The highest BCUT2D eigenvalue weighted by Crippen LogP contribution is 2.08. The molecule has 0 aliphatic heterocycles. The van der Waals surface area contributed by atoms with Crippen molar-refractivity contribution >= 4 is 11.7 Å². The van der Waals surface area contributed by atoms with Crippen molar-refractivity contribution in [3.8, 4) is 5.88 Å². The van der Waals surface area contributed by atoms with E-state index in [1.54, 1.807) is 0 Å². The summed E-state index contributed by atoms with van der Waals surface area (Å²) in [6.45, 7) is 0.917. The van der Waals surface area contributed by atoms with Crippen molar-refractivity contribution in [2.24, 2.45) is 0 Å². The number of ether oxygens (including phenoxy) is 1. The van der Waals surface area contributed by atoms with Crippen LogP contribution in [-0.2, 0) is 6.42 Å². The number of aliphatic hydroxyl groups is 1. The topological polar surface area (TPSA) is 67.3 Å². The summed E-state index contributed by atoms with van der Waals surface area (Å²) in [4.78, 5) is 0. The third-order valence-corrected chi connectivity index (χ3v) is 3.12. The number of benzene rings is 1. The first-order valence-corrected chi connectivity index (χ1v) is 7.10. The minimum Gasteiger partial charge on any atom is -0.473 e. The van der Waals surface area contributed by atoms with Crippen LogP contribution in [0.1, 0.15) is 5.56 Å². The molecule has 21 heavy (non-hydrogen) atoms. The molecule has 0 bridgehead atoms. The van der Waals surface area contributed by atoms with Gasteiger partial charge >= 0.3 is 0 Å². The predicted octanol–water partition coefficient (Wildman–Crippen LogP) is 1.39. The minimum atomic E-state index is -0.698. The second-order valence-electron chi connectivity index (χ2n) is 4.44. The van der Waals surface area contributed by atoms with E-state index in [2.05, 4.69) is 14.1 Å². The molecule has 8 heteroatoms. The van der Waals surface area contributed by atoms with E-state index in [1.807, 2.05) is 0 Å². The van der Waals surface area contributed by atoms with Gasteiger partial charge in [0.25, 0.3) is 0 Å². The summed E-state index contributed by atoms with van der Waals surface area (Å²) in [5, 5.41) is 12.7. The number of hydrogen-bond acceptors (Lipinski definition) is 6. The molecule has 0 amide bonds. The van der Waals surface area contributed by atoms with Crippen molar-refractivity contribution in [1.82, 2.24) is 14.1 Å². The van der Waals surface area contributed by atoms with Crippen LogP contribution in [0.5, 0.6) is 5.88 Å².